The molecule has 0 aliphatic heterocycles. The van der Waals surface area contributed by atoms with E-state index in [9.17, 15) is 4.79 Å². The molecule has 0 fully saturated rings. The highest BCUT2D eigenvalue weighted by atomic mass is 16.1. The van der Waals surface area contributed by atoms with Gasteiger partial charge < -0.3 is 0 Å². The van der Waals surface area contributed by atoms with Crippen molar-refractivity contribution in [3.05, 3.63) is 120 Å². The Kier molecular flexibility index (Phi) is 3.99. The van der Waals surface area contributed by atoms with Gasteiger partial charge in [-0.2, -0.15) is 0 Å². The van der Waals surface area contributed by atoms with Gasteiger partial charge in [0.05, 0.1) is 0 Å². The number of ketones is 1. The molecule has 1 nitrogen and oxygen atoms in total. The predicted molar refractivity (Wildman–Crippen MR) is 117 cm³/mol. The lowest BCUT2D eigenvalue weighted by Gasteiger charge is -2.17. The first-order valence-electron chi connectivity index (χ1n) is 9.43. The lowest BCUT2D eigenvalue weighted by Crippen LogP contribution is -2.05. The molecule has 0 atom stereocenters. The van der Waals surface area contributed by atoms with Crippen molar-refractivity contribution in [1.82, 2.24) is 0 Å². The van der Waals surface area contributed by atoms with Crippen molar-refractivity contribution in [2.45, 2.75) is 0 Å². The first-order valence-corrected chi connectivity index (χ1v) is 9.43. The standard InChI is InChI=1S/C27H18O/c28-27(20-13-5-2-6-14-20)26-24-18-10-8-16-22(24)21-15-7-9-17-23(21)25(26)19-11-3-1-4-12-19/h1-18H. The van der Waals surface area contributed by atoms with Crippen molar-refractivity contribution in [1.29, 1.82) is 0 Å². The predicted octanol–water partition coefficient (Wildman–Crippen LogP) is 6.89. The van der Waals surface area contributed by atoms with Crippen LogP contribution in [0.15, 0.2) is 109 Å². The fourth-order valence-corrected chi connectivity index (χ4v) is 4.02. The molecule has 0 heterocycles. The van der Waals surface area contributed by atoms with Crippen molar-refractivity contribution in [3.63, 3.8) is 0 Å². The molecule has 132 valence electrons. The molecule has 28 heavy (non-hydrogen) atoms. The molecule has 0 radical (unpaired) electrons. The second kappa shape index (κ2) is 6.79. The fourth-order valence-electron chi connectivity index (χ4n) is 4.02. The molecule has 0 aromatic heterocycles. The van der Waals surface area contributed by atoms with Gasteiger partial charge in [0, 0.05) is 16.7 Å². The van der Waals surface area contributed by atoms with Crippen LogP contribution in [0, 0.1) is 0 Å². The average molecular weight is 358 g/mol. The van der Waals surface area contributed by atoms with Crippen LogP contribution in [0.2, 0.25) is 0 Å². The van der Waals surface area contributed by atoms with E-state index in [0.29, 0.717) is 5.56 Å². The van der Waals surface area contributed by atoms with Gasteiger partial charge in [-0.15, -0.1) is 0 Å². The summed E-state index contributed by atoms with van der Waals surface area (Å²) in [4.78, 5) is 13.7. The average Bonchev–Trinajstić information content (AvgIpc) is 2.79. The van der Waals surface area contributed by atoms with Crippen molar-refractivity contribution in [2.24, 2.45) is 0 Å². The minimum atomic E-state index is 0.0569. The summed E-state index contributed by atoms with van der Waals surface area (Å²) in [6, 6.07) is 36.3. The highest BCUT2D eigenvalue weighted by Gasteiger charge is 2.21. The summed E-state index contributed by atoms with van der Waals surface area (Å²) < 4.78 is 0. The molecule has 0 aliphatic rings. The zero-order valence-electron chi connectivity index (χ0n) is 15.3. The van der Waals surface area contributed by atoms with Crippen molar-refractivity contribution >= 4 is 27.3 Å². The third kappa shape index (κ3) is 2.60. The third-order valence-corrected chi connectivity index (χ3v) is 5.26. The van der Waals surface area contributed by atoms with Crippen LogP contribution in [0.25, 0.3) is 32.7 Å². The van der Waals surface area contributed by atoms with Gasteiger partial charge in [-0.3, -0.25) is 4.79 Å². The third-order valence-electron chi connectivity index (χ3n) is 5.26. The van der Waals surface area contributed by atoms with Gasteiger partial charge in [0.1, 0.15) is 0 Å². The molecule has 0 saturated carbocycles. The van der Waals surface area contributed by atoms with Gasteiger partial charge in [0.25, 0.3) is 0 Å². The minimum Gasteiger partial charge on any atom is -0.289 e. The SMILES string of the molecule is O=C(c1ccccc1)c1c(-c2ccccc2)c2ccccc2c2ccccc12. The summed E-state index contributed by atoms with van der Waals surface area (Å²) in [6.07, 6.45) is 0. The highest BCUT2D eigenvalue weighted by molar-refractivity contribution is 6.28. The van der Waals surface area contributed by atoms with Crippen LogP contribution in [0.1, 0.15) is 15.9 Å². The molecule has 5 aromatic rings. The van der Waals surface area contributed by atoms with E-state index in [-0.39, 0.29) is 5.78 Å². The van der Waals surface area contributed by atoms with Crippen LogP contribution >= 0.6 is 0 Å². The molecular formula is C27H18O. The number of hydrogen-bond acceptors (Lipinski definition) is 1. The topological polar surface area (TPSA) is 17.1 Å². The van der Waals surface area contributed by atoms with Gasteiger partial charge in [-0.1, -0.05) is 109 Å². The number of benzene rings is 5. The summed E-state index contributed by atoms with van der Waals surface area (Å²) >= 11 is 0. The van der Waals surface area contributed by atoms with E-state index in [1.807, 2.05) is 66.7 Å². The monoisotopic (exact) mass is 358 g/mol. The maximum Gasteiger partial charge on any atom is 0.194 e. The summed E-state index contributed by atoms with van der Waals surface area (Å²) in [6.45, 7) is 0. The molecule has 0 bridgehead atoms. The lowest BCUT2D eigenvalue weighted by atomic mass is 9.85. The number of rotatable bonds is 3. The van der Waals surface area contributed by atoms with E-state index in [1.54, 1.807) is 0 Å². The van der Waals surface area contributed by atoms with Crippen LogP contribution in [0.5, 0.6) is 0 Å². The minimum absolute atomic E-state index is 0.0569. The van der Waals surface area contributed by atoms with E-state index in [0.717, 1.165) is 32.8 Å². The lowest BCUT2D eigenvalue weighted by molar-refractivity contribution is 0.104. The largest absolute Gasteiger partial charge is 0.289 e. The van der Waals surface area contributed by atoms with Gasteiger partial charge >= 0.3 is 0 Å². The van der Waals surface area contributed by atoms with E-state index in [4.69, 9.17) is 0 Å². The van der Waals surface area contributed by atoms with Crippen molar-refractivity contribution in [2.75, 3.05) is 0 Å². The maximum absolute atomic E-state index is 13.7. The molecule has 0 N–H and O–H groups in total. The molecule has 0 spiro atoms. The fraction of sp³-hybridized carbons (Fsp3) is 0. The van der Waals surface area contributed by atoms with Gasteiger partial charge in [-0.05, 0) is 27.1 Å². The van der Waals surface area contributed by atoms with Crippen LogP contribution in [0.4, 0.5) is 0 Å². The molecule has 0 saturated heterocycles. The summed E-state index contributed by atoms with van der Waals surface area (Å²) in [5, 5.41) is 4.37. The zero-order valence-corrected chi connectivity index (χ0v) is 15.3. The summed E-state index contributed by atoms with van der Waals surface area (Å²) in [5.74, 6) is 0.0569. The van der Waals surface area contributed by atoms with E-state index in [1.165, 1.54) is 5.39 Å². The summed E-state index contributed by atoms with van der Waals surface area (Å²) in [5.41, 5.74) is 3.54. The first-order chi connectivity index (χ1) is 13.8. The van der Waals surface area contributed by atoms with E-state index in [2.05, 4.69) is 42.5 Å². The smallest absolute Gasteiger partial charge is 0.194 e. The van der Waals surface area contributed by atoms with Gasteiger partial charge in [0.2, 0.25) is 0 Å². The Labute approximate surface area is 163 Å². The zero-order chi connectivity index (χ0) is 18.9. The Hall–Kier alpha value is -3.71. The molecule has 1 heteroatoms. The molecule has 0 aliphatic carbocycles. The molecule has 0 unspecified atom stereocenters. The number of carbonyl (C=O) groups is 1. The highest BCUT2D eigenvalue weighted by Crippen LogP contribution is 2.39. The molecule has 5 rings (SSSR count). The normalized spacial score (nSPS) is 11.0. The van der Waals surface area contributed by atoms with Crippen LogP contribution in [-0.4, -0.2) is 5.78 Å². The number of hydrogen-bond donors (Lipinski definition) is 0. The molecule has 0 amide bonds. The quantitative estimate of drug-likeness (QED) is 0.253. The van der Waals surface area contributed by atoms with Crippen LogP contribution < -0.4 is 0 Å². The van der Waals surface area contributed by atoms with E-state index < -0.39 is 0 Å². The second-order valence-corrected chi connectivity index (χ2v) is 6.90. The number of carbonyl (C=O) groups excluding carboxylic acids is 1. The Bertz CT molecular complexity index is 1300. The van der Waals surface area contributed by atoms with Gasteiger partial charge in [0.15, 0.2) is 5.78 Å². The number of fused-ring (bicyclic) bond motifs is 3. The second-order valence-electron chi connectivity index (χ2n) is 6.90. The Balaban J connectivity index is 1.98. The maximum atomic E-state index is 13.7. The van der Waals surface area contributed by atoms with Crippen molar-refractivity contribution in [3.8, 4) is 11.1 Å². The molecular weight excluding hydrogens is 340 g/mol. The van der Waals surface area contributed by atoms with E-state index >= 15 is 0 Å². The Morgan fingerprint density at radius 1 is 0.464 bits per heavy atom. The van der Waals surface area contributed by atoms with Crippen molar-refractivity contribution < 1.29 is 4.79 Å². The summed E-state index contributed by atoms with van der Waals surface area (Å²) in [7, 11) is 0. The van der Waals surface area contributed by atoms with Crippen LogP contribution in [-0.2, 0) is 0 Å². The van der Waals surface area contributed by atoms with Crippen LogP contribution in [0.3, 0.4) is 0 Å². The Morgan fingerprint density at radius 2 is 0.929 bits per heavy atom. The Morgan fingerprint density at radius 3 is 1.57 bits per heavy atom. The van der Waals surface area contributed by atoms with Gasteiger partial charge in [-0.25, -0.2) is 0 Å². The molecule has 5 aromatic carbocycles. The first kappa shape index (κ1) is 16.5.